The molecule has 1 unspecified atom stereocenters. The first-order valence-electron chi connectivity index (χ1n) is 15.8. The molecule has 9 rings (SSSR count). The van der Waals surface area contributed by atoms with Gasteiger partial charge in [0.2, 0.25) is 0 Å². The Morgan fingerprint density at radius 3 is 2.04 bits per heavy atom. The van der Waals surface area contributed by atoms with Crippen LogP contribution in [-0.2, 0) is 0 Å². The van der Waals surface area contributed by atoms with Crippen molar-refractivity contribution in [3.8, 4) is 22.8 Å². The van der Waals surface area contributed by atoms with Crippen LogP contribution in [0.25, 0.3) is 66.6 Å². The molecule has 2 heterocycles. The molecule has 0 bridgehead atoms. The molecule has 4 nitrogen and oxygen atoms in total. The van der Waals surface area contributed by atoms with Crippen LogP contribution in [0.5, 0.6) is 0 Å². The van der Waals surface area contributed by atoms with Crippen molar-refractivity contribution < 1.29 is 4.42 Å². The summed E-state index contributed by atoms with van der Waals surface area (Å²) in [4.78, 5) is 14.8. The van der Waals surface area contributed by atoms with E-state index >= 15 is 0 Å². The SMILES string of the molecule is C1=CCC(c2cc3c(oc4cccc(C5=CCC(c6nc(-c7ccccc7)nc(-c7ccccc7)n6)C=C5)c43)c3ccccc23)=C1. The Morgan fingerprint density at radius 2 is 1.37 bits per heavy atom. The summed E-state index contributed by atoms with van der Waals surface area (Å²) < 4.78 is 6.60. The van der Waals surface area contributed by atoms with E-state index in [0.717, 1.165) is 57.1 Å². The van der Waals surface area contributed by atoms with Gasteiger partial charge in [0, 0.05) is 33.2 Å². The molecule has 0 amide bonds. The number of furan rings is 1. The highest BCUT2D eigenvalue weighted by Crippen LogP contribution is 2.43. The molecule has 2 aromatic heterocycles. The highest BCUT2D eigenvalue weighted by atomic mass is 16.3. The first-order valence-corrected chi connectivity index (χ1v) is 15.8. The number of hydrogen-bond acceptors (Lipinski definition) is 4. The minimum Gasteiger partial charge on any atom is -0.455 e. The molecule has 218 valence electrons. The van der Waals surface area contributed by atoms with E-state index in [4.69, 9.17) is 19.4 Å². The second kappa shape index (κ2) is 10.9. The van der Waals surface area contributed by atoms with Crippen LogP contribution < -0.4 is 0 Å². The molecule has 2 aliphatic rings. The van der Waals surface area contributed by atoms with Crippen LogP contribution in [0, 0.1) is 0 Å². The van der Waals surface area contributed by atoms with Gasteiger partial charge in [-0.15, -0.1) is 0 Å². The molecule has 0 aliphatic heterocycles. The zero-order valence-corrected chi connectivity index (χ0v) is 25.1. The molecule has 0 saturated carbocycles. The summed E-state index contributed by atoms with van der Waals surface area (Å²) in [5.74, 6) is 2.20. The van der Waals surface area contributed by atoms with E-state index in [2.05, 4.69) is 85.0 Å². The van der Waals surface area contributed by atoms with Gasteiger partial charge in [0.05, 0.1) is 0 Å². The molecule has 2 aliphatic carbocycles. The minimum atomic E-state index is 0.0364. The summed E-state index contributed by atoms with van der Waals surface area (Å²) in [5.41, 5.74) is 8.78. The standard InChI is InChI=1S/C42H29N3O/c1-3-14-29(15-4-1)40-43-41(30-16-5-2-6-17-30)45-42(44-40)31-24-22-28(23-25-31)32-20-11-21-37-38(32)36-26-35(27-12-7-8-13-27)33-18-9-10-19-34(33)39(36)46-37/h1-12,14-24,26,31H,13,25H2. The van der Waals surface area contributed by atoms with E-state index in [-0.39, 0.29) is 5.92 Å². The van der Waals surface area contributed by atoms with Crippen molar-refractivity contribution in [2.24, 2.45) is 0 Å². The van der Waals surface area contributed by atoms with Crippen LogP contribution >= 0.6 is 0 Å². The summed E-state index contributed by atoms with van der Waals surface area (Å²) in [7, 11) is 0. The molecular weight excluding hydrogens is 562 g/mol. The van der Waals surface area contributed by atoms with Crippen LogP contribution in [-0.4, -0.2) is 15.0 Å². The van der Waals surface area contributed by atoms with E-state index in [0.29, 0.717) is 11.6 Å². The maximum Gasteiger partial charge on any atom is 0.163 e. The topological polar surface area (TPSA) is 51.8 Å². The lowest BCUT2D eigenvalue weighted by Crippen LogP contribution is -2.08. The Labute approximate surface area is 266 Å². The molecule has 0 fully saturated rings. The second-order valence-electron chi connectivity index (χ2n) is 11.9. The average molecular weight is 592 g/mol. The van der Waals surface area contributed by atoms with Crippen LogP contribution in [0.15, 0.2) is 150 Å². The smallest absolute Gasteiger partial charge is 0.163 e. The van der Waals surface area contributed by atoms with Crippen LogP contribution in [0.3, 0.4) is 0 Å². The summed E-state index contributed by atoms with van der Waals surface area (Å²) >= 11 is 0. The van der Waals surface area contributed by atoms with Crippen LogP contribution in [0.1, 0.15) is 35.7 Å². The maximum atomic E-state index is 6.60. The molecule has 0 saturated heterocycles. The molecular formula is C42H29N3O. The summed E-state index contributed by atoms with van der Waals surface area (Å²) in [5, 5.41) is 4.69. The van der Waals surface area contributed by atoms with Gasteiger partial charge in [-0.2, -0.15) is 0 Å². The van der Waals surface area contributed by atoms with Crippen molar-refractivity contribution in [3.63, 3.8) is 0 Å². The fraction of sp³-hybridized carbons (Fsp3) is 0.0714. The highest BCUT2D eigenvalue weighted by molar-refractivity contribution is 6.20. The van der Waals surface area contributed by atoms with E-state index in [1.165, 1.54) is 27.7 Å². The maximum absolute atomic E-state index is 6.60. The van der Waals surface area contributed by atoms with Gasteiger partial charge in [-0.25, -0.2) is 15.0 Å². The number of fused-ring (bicyclic) bond motifs is 5. The monoisotopic (exact) mass is 591 g/mol. The van der Waals surface area contributed by atoms with Crippen LogP contribution in [0.2, 0.25) is 0 Å². The Morgan fingerprint density at radius 1 is 0.652 bits per heavy atom. The molecule has 5 aromatic carbocycles. The number of hydrogen-bond donors (Lipinski definition) is 0. The number of aromatic nitrogens is 3. The van der Waals surface area contributed by atoms with Crippen molar-refractivity contribution in [2.75, 3.05) is 0 Å². The van der Waals surface area contributed by atoms with Crippen molar-refractivity contribution in [1.29, 1.82) is 0 Å². The molecule has 7 aromatic rings. The highest BCUT2D eigenvalue weighted by Gasteiger charge is 2.22. The minimum absolute atomic E-state index is 0.0364. The Bertz CT molecular complexity index is 2360. The Hall–Kier alpha value is -5.87. The van der Waals surface area contributed by atoms with E-state index in [1.54, 1.807) is 0 Å². The average Bonchev–Trinajstić information content (AvgIpc) is 3.81. The lowest BCUT2D eigenvalue weighted by molar-refractivity contribution is 0.672. The summed E-state index contributed by atoms with van der Waals surface area (Å²) in [6.07, 6.45) is 15.1. The Kier molecular flexibility index (Phi) is 6.31. The first kappa shape index (κ1) is 26.5. The van der Waals surface area contributed by atoms with Gasteiger partial charge < -0.3 is 4.42 Å². The van der Waals surface area contributed by atoms with Gasteiger partial charge in [-0.05, 0) is 52.6 Å². The zero-order chi connectivity index (χ0) is 30.5. The molecule has 0 radical (unpaired) electrons. The normalized spacial score (nSPS) is 16.0. The van der Waals surface area contributed by atoms with Gasteiger partial charge in [0.15, 0.2) is 11.6 Å². The van der Waals surface area contributed by atoms with Crippen LogP contribution in [0.4, 0.5) is 0 Å². The van der Waals surface area contributed by atoms with Gasteiger partial charge in [-0.1, -0.05) is 134 Å². The van der Waals surface area contributed by atoms with Crippen molar-refractivity contribution >= 4 is 43.9 Å². The molecule has 0 N–H and O–H groups in total. The quantitative estimate of drug-likeness (QED) is 0.200. The fourth-order valence-corrected chi connectivity index (χ4v) is 6.80. The van der Waals surface area contributed by atoms with Gasteiger partial charge in [0.25, 0.3) is 0 Å². The number of benzene rings is 5. The molecule has 1 atom stereocenters. The third-order valence-corrected chi connectivity index (χ3v) is 9.08. The van der Waals surface area contributed by atoms with Crippen molar-refractivity contribution in [1.82, 2.24) is 15.0 Å². The van der Waals surface area contributed by atoms with Gasteiger partial charge in [-0.3, -0.25) is 0 Å². The predicted octanol–water partition coefficient (Wildman–Crippen LogP) is 10.7. The number of rotatable bonds is 5. The Balaban J connectivity index is 1.13. The van der Waals surface area contributed by atoms with Crippen molar-refractivity contribution in [2.45, 2.75) is 18.8 Å². The molecule has 0 spiro atoms. The lowest BCUT2D eigenvalue weighted by atomic mass is 9.89. The molecule has 4 heteroatoms. The number of allylic oxidation sites excluding steroid dienone is 8. The second-order valence-corrected chi connectivity index (χ2v) is 11.9. The van der Waals surface area contributed by atoms with Crippen molar-refractivity contribution in [3.05, 3.63) is 163 Å². The largest absolute Gasteiger partial charge is 0.455 e. The first-order chi connectivity index (χ1) is 22.8. The van der Waals surface area contributed by atoms with Gasteiger partial charge in [0.1, 0.15) is 17.0 Å². The third-order valence-electron chi connectivity index (χ3n) is 9.08. The van der Waals surface area contributed by atoms with Gasteiger partial charge >= 0.3 is 0 Å². The van der Waals surface area contributed by atoms with E-state index < -0.39 is 0 Å². The fourth-order valence-electron chi connectivity index (χ4n) is 6.80. The molecule has 46 heavy (non-hydrogen) atoms. The van der Waals surface area contributed by atoms with E-state index in [9.17, 15) is 0 Å². The number of nitrogens with zero attached hydrogens (tertiary/aromatic N) is 3. The van der Waals surface area contributed by atoms with E-state index in [1.807, 2.05) is 60.7 Å². The predicted molar refractivity (Wildman–Crippen MR) is 188 cm³/mol. The lowest BCUT2D eigenvalue weighted by Gasteiger charge is -2.17. The summed E-state index contributed by atoms with van der Waals surface area (Å²) in [6, 6.07) is 37.6. The summed E-state index contributed by atoms with van der Waals surface area (Å²) in [6.45, 7) is 0. The zero-order valence-electron chi connectivity index (χ0n) is 25.1. The third kappa shape index (κ3) is 4.50.